The van der Waals surface area contributed by atoms with E-state index in [0.717, 1.165) is 11.1 Å². The van der Waals surface area contributed by atoms with Gasteiger partial charge in [0.05, 0.1) is 5.92 Å². The fourth-order valence-electron chi connectivity index (χ4n) is 1.60. The monoisotopic (exact) mass is 220 g/mol. The molecule has 1 aromatic carbocycles. The fraction of sp³-hybridized carbons (Fsp3) is 0.385. The quantitative estimate of drug-likeness (QED) is 0.793. The highest BCUT2D eigenvalue weighted by Crippen LogP contribution is 2.15. The lowest BCUT2D eigenvalue weighted by molar-refractivity contribution is -0.141. The molecule has 1 N–H and O–H groups in total. The fourth-order valence-corrected chi connectivity index (χ4v) is 1.60. The predicted molar refractivity (Wildman–Crippen MR) is 61.7 cm³/mol. The molecule has 3 heteroatoms. The molecule has 0 fully saturated rings. The molecule has 0 aliphatic heterocycles. The van der Waals surface area contributed by atoms with E-state index in [-0.39, 0.29) is 12.2 Å². The van der Waals surface area contributed by atoms with Crippen LogP contribution in [0.4, 0.5) is 0 Å². The number of ketones is 1. The van der Waals surface area contributed by atoms with E-state index in [4.69, 9.17) is 5.11 Å². The summed E-state index contributed by atoms with van der Waals surface area (Å²) < 4.78 is 0. The van der Waals surface area contributed by atoms with Gasteiger partial charge in [-0.25, -0.2) is 0 Å². The van der Waals surface area contributed by atoms with Crippen LogP contribution < -0.4 is 0 Å². The van der Waals surface area contributed by atoms with Gasteiger partial charge >= 0.3 is 5.97 Å². The molecular formula is C13H16O3. The molecule has 0 spiro atoms. The van der Waals surface area contributed by atoms with Gasteiger partial charge in [0, 0.05) is 12.0 Å². The molecule has 0 aliphatic carbocycles. The van der Waals surface area contributed by atoms with Gasteiger partial charge < -0.3 is 5.11 Å². The maximum atomic E-state index is 11.8. The summed E-state index contributed by atoms with van der Waals surface area (Å²) in [4.78, 5) is 22.5. The lowest BCUT2D eigenvalue weighted by Crippen LogP contribution is -2.15. The minimum absolute atomic E-state index is 0.0548. The summed E-state index contributed by atoms with van der Waals surface area (Å²) in [5, 5.41) is 8.74. The Hall–Kier alpha value is -1.64. The molecule has 0 saturated heterocycles. The molecule has 1 aromatic rings. The van der Waals surface area contributed by atoms with Crippen molar-refractivity contribution >= 4 is 11.8 Å². The highest BCUT2D eigenvalue weighted by molar-refractivity contribution is 5.99. The molecule has 1 rings (SSSR count). The van der Waals surface area contributed by atoms with E-state index in [1.54, 1.807) is 13.0 Å². The maximum absolute atomic E-state index is 11.8. The van der Waals surface area contributed by atoms with Crippen LogP contribution in [0.5, 0.6) is 0 Å². The molecular weight excluding hydrogens is 204 g/mol. The third kappa shape index (κ3) is 2.92. The van der Waals surface area contributed by atoms with Gasteiger partial charge in [0.2, 0.25) is 0 Å². The van der Waals surface area contributed by atoms with Crippen molar-refractivity contribution in [2.45, 2.75) is 27.2 Å². The van der Waals surface area contributed by atoms with Crippen molar-refractivity contribution in [3.63, 3.8) is 0 Å². The molecule has 0 bridgehead atoms. The van der Waals surface area contributed by atoms with Crippen LogP contribution in [0.1, 0.15) is 34.8 Å². The topological polar surface area (TPSA) is 54.4 Å². The van der Waals surface area contributed by atoms with Crippen LogP contribution >= 0.6 is 0 Å². The SMILES string of the molecule is Cc1ccc(C(=O)C[C@H](C)C(=O)O)c(C)c1. The number of aryl methyl sites for hydroxylation is 2. The Morgan fingerprint density at radius 1 is 1.31 bits per heavy atom. The Morgan fingerprint density at radius 2 is 1.94 bits per heavy atom. The molecule has 1 atom stereocenters. The van der Waals surface area contributed by atoms with Gasteiger partial charge in [-0.2, -0.15) is 0 Å². The standard InChI is InChI=1S/C13H16O3/c1-8-4-5-11(9(2)6-8)12(14)7-10(3)13(15)16/h4-6,10H,7H2,1-3H3,(H,15,16)/t10-/m0/s1. The van der Waals surface area contributed by atoms with Crippen molar-refractivity contribution in [1.82, 2.24) is 0 Å². The van der Waals surface area contributed by atoms with E-state index >= 15 is 0 Å². The lowest BCUT2D eigenvalue weighted by atomic mass is 9.96. The van der Waals surface area contributed by atoms with Crippen molar-refractivity contribution in [1.29, 1.82) is 0 Å². The van der Waals surface area contributed by atoms with Gasteiger partial charge in [0.15, 0.2) is 5.78 Å². The Labute approximate surface area is 95.1 Å². The average Bonchev–Trinajstić information content (AvgIpc) is 2.16. The number of aliphatic carboxylic acids is 1. The van der Waals surface area contributed by atoms with E-state index in [2.05, 4.69) is 0 Å². The minimum atomic E-state index is -0.932. The lowest BCUT2D eigenvalue weighted by Gasteiger charge is -2.08. The van der Waals surface area contributed by atoms with Gasteiger partial charge in [-0.15, -0.1) is 0 Å². The smallest absolute Gasteiger partial charge is 0.306 e. The van der Waals surface area contributed by atoms with Crippen molar-refractivity contribution < 1.29 is 14.7 Å². The summed E-state index contributed by atoms with van der Waals surface area (Å²) in [5.41, 5.74) is 2.63. The van der Waals surface area contributed by atoms with Crippen LogP contribution in [0.2, 0.25) is 0 Å². The van der Waals surface area contributed by atoms with E-state index in [0.29, 0.717) is 5.56 Å². The summed E-state index contributed by atoms with van der Waals surface area (Å²) >= 11 is 0. The molecule has 0 amide bonds. The molecule has 0 saturated carbocycles. The third-order valence-corrected chi connectivity index (χ3v) is 2.60. The van der Waals surface area contributed by atoms with Gasteiger partial charge in [0.1, 0.15) is 0 Å². The first kappa shape index (κ1) is 12.4. The van der Waals surface area contributed by atoms with Crippen LogP contribution in [0.3, 0.4) is 0 Å². The zero-order valence-corrected chi connectivity index (χ0v) is 9.78. The summed E-state index contributed by atoms with van der Waals surface area (Å²) in [7, 11) is 0. The van der Waals surface area contributed by atoms with E-state index in [9.17, 15) is 9.59 Å². The molecule has 0 aliphatic rings. The van der Waals surface area contributed by atoms with Crippen molar-refractivity contribution in [3.8, 4) is 0 Å². The third-order valence-electron chi connectivity index (χ3n) is 2.60. The summed E-state index contributed by atoms with van der Waals surface area (Å²) in [6.07, 6.45) is 0.0548. The van der Waals surface area contributed by atoms with Crippen LogP contribution in [0, 0.1) is 19.8 Å². The average molecular weight is 220 g/mol. The second-order valence-electron chi connectivity index (χ2n) is 4.18. The van der Waals surface area contributed by atoms with Crippen LogP contribution in [-0.4, -0.2) is 16.9 Å². The predicted octanol–water partition coefficient (Wildman–Crippen LogP) is 2.60. The number of hydrogen-bond acceptors (Lipinski definition) is 2. The van der Waals surface area contributed by atoms with Gasteiger partial charge in [-0.1, -0.05) is 30.7 Å². The maximum Gasteiger partial charge on any atom is 0.306 e. The molecule has 0 heterocycles. The summed E-state index contributed by atoms with van der Waals surface area (Å²) in [6.45, 7) is 5.37. The molecule has 3 nitrogen and oxygen atoms in total. The Morgan fingerprint density at radius 3 is 2.44 bits per heavy atom. The van der Waals surface area contributed by atoms with Crippen molar-refractivity contribution in [3.05, 3.63) is 34.9 Å². The number of carboxylic acid groups (broad SMARTS) is 1. The molecule has 0 aromatic heterocycles. The Kier molecular flexibility index (Phi) is 3.82. The van der Waals surface area contributed by atoms with Crippen LogP contribution in [0.15, 0.2) is 18.2 Å². The van der Waals surface area contributed by atoms with E-state index in [1.165, 1.54) is 0 Å². The first-order chi connectivity index (χ1) is 7.41. The highest BCUT2D eigenvalue weighted by atomic mass is 16.4. The molecule has 16 heavy (non-hydrogen) atoms. The number of carbonyl (C=O) groups is 2. The first-order valence-corrected chi connectivity index (χ1v) is 5.25. The number of hydrogen-bond donors (Lipinski definition) is 1. The Bertz CT molecular complexity index is 421. The second kappa shape index (κ2) is 4.92. The Balaban J connectivity index is 2.85. The number of carbonyl (C=O) groups excluding carboxylic acids is 1. The normalized spacial score (nSPS) is 12.2. The number of rotatable bonds is 4. The first-order valence-electron chi connectivity index (χ1n) is 5.25. The van der Waals surface area contributed by atoms with Gasteiger partial charge in [-0.3, -0.25) is 9.59 Å². The van der Waals surface area contributed by atoms with E-state index < -0.39 is 11.9 Å². The van der Waals surface area contributed by atoms with E-state index in [1.807, 2.05) is 26.0 Å². The van der Waals surface area contributed by atoms with Crippen molar-refractivity contribution in [2.75, 3.05) is 0 Å². The summed E-state index contributed by atoms with van der Waals surface area (Å²) in [6, 6.07) is 5.56. The van der Waals surface area contributed by atoms with Crippen molar-refractivity contribution in [2.24, 2.45) is 5.92 Å². The van der Waals surface area contributed by atoms with Crippen LogP contribution in [-0.2, 0) is 4.79 Å². The number of benzene rings is 1. The zero-order valence-electron chi connectivity index (χ0n) is 9.78. The second-order valence-corrected chi connectivity index (χ2v) is 4.18. The number of carboxylic acids is 1. The van der Waals surface area contributed by atoms with Gasteiger partial charge in [0.25, 0.3) is 0 Å². The van der Waals surface area contributed by atoms with Crippen LogP contribution in [0.25, 0.3) is 0 Å². The zero-order chi connectivity index (χ0) is 12.3. The highest BCUT2D eigenvalue weighted by Gasteiger charge is 2.17. The molecule has 0 radical (unpaired) electrons. The summed E-state index contributed by atoms with van der Waals surface area (Å²) in [5.74, 6) is -1.67. The number of Topliss-reactive ketones (excluding diaryl/α,β-unsaturated/α-hetero) is 1. The molecule has 0 unspecified atom stereocenters. The minimum Gasteiger partial charge on any atom is -0.481 e. The largest absolute Gasteiger partial charge is 0.481 e. The molecule has 86 valence electrons. The van der Waals surface area contributed by atoms with Gasteiger partial charge in [-0.05, 0) is 19.4 Å².